The molecule has 7 heteroatoms. The molecule has 0 unspecified atom stereocenters. The average molecular weight is 225 g/mol. The topological polar surface area (TPSA) is 73.9 Å². The van der Waals surface area contributed by atoms with Crippen LogP contribution in [0, 0.1) is 0 Å². The van der Waals surface area contributed by atoms with Gasteiger partial charge < -0.3 is 9.68 Å². The van der Waals surface area contributed by atoms with Crippen LogP contribution in [-0.4, -0.2) is 33.5 Å². The average Bonchev–Trinajstić information content (AvgIpc) is 2.77. The zero-order valence-electron chi connectivity index (χ0n) is 9.62. The highest BCUT2D eigenvalue weighted by Crippen LogP contribution is 1.93. The second-order valence-corrected chi connectivity index (χ2v) is 3.12. The van der Waals surface area contributed by atoms with Crippen LogP contribution >= 0.6 is 0 Å². The van der Waals surface area contributed by atoms with E-state index in [0.717, 1.165) is 18.7 Å². The summed E-state index contributed by atoms with van der Waals surface area (Å²) >= 11 is 0. The Kier molecular flexibility index (Phi) is 4.97. The van der Waals surface area contributed by atoms with E-state index in [4.69, 9.17) is 4.84 Å². The maximum Gasteiger partial charge on any atom is 0.257 e. The van der Waals surface area contributed by atoms with Crippen molar-refractivity contribution in [3.05, 3.63) is 12.7 Å². The molecule has 16 heavy (non-hydrogen) atoms. The first-order valence-electron chi connectivity index (χ1n) is 4.83. The fourth-order valence-corrected chi connectivity index (χ4v) is 0.959. The second-order valence-electron chi connectivity index (χ2n) is 3.12. The van der Waals surface area contributed by atoms with E-state index in [1.54, 1.807) is 17.9 Å². The molecule has 1 heterocycles. The van der Waals surface area contributed by atoms with E-state index in [1.807, 2.05) is 6.92 Å². The summed E-state index contributed by atoms with van der Waals surface area (Å²) in [4.78, 5) is 13.4. The molecule has 0 atom stereocenters. The van der Waals surface area contributed by atoms with Crippen LogP contribution in [0.25, 0.3) is 0 Å². The largest absolute Gasteiger partial charge is 0.396 e. The number of hydrogen-bond donors (Lipinski definition) is 0. The van der Waals surface area contributed by atoms with Crippen molar-refractivity contribution in [1.29, 1.82) is 0 Å². The molecular weight excluding hydrogens is 210 g/mol. The summed E-state index contributed by atoms with van der Waals surface area (Å²) in [6.45, 7) is 4.26. The van der Waals surface area contributed by atoms with Crippen molar-refractivity contribution < 1.29 is 9.68 Å². The number of rotatable bonds is 5. The lowest BCUT2D eigenvalue weighted by Gasteiger charge is -2.01. The molecule has 0 N–H and O–H groups in total. The number of nitrogens with zero attached hydrogens (tertiary/aromatic N) is 5. The fraction of sp³-hybridized carbons (Fsp3) is 0.556. The molecule has 1 aromatic heterocycles. The second kappa shape index (κ2) is 6.54. The van der Waals surface area contributed by atoms with Crippen LogP contribution in [-0.2, 0) is 16.2 Å². The third-order valence-electron chi connectivity index (χ3n) is 1.72. The van der Waals surface area contributed by atoms with Gasteiger partial charge in [-0.25, -0.2) is 4.98 Å². The first-order chi connectivity index (χ1) is 7.72. The maximum atomic E-state index is 4.98. The summed E-state index contributed by atoms with van der Waals surface area (Å²) < 4.78 is 1.73. The molecule has 1 aromatic rings. The van der Waals surface area contributed by atoms with E-state index in [-0.39, 0.29) is 0 Å². The molecule has 0 saturated carbocycles. The number of aromatic nitrogens is 3. The van der Waals surface area contributed by atoms with Crippen LogP contribution < -0.4 is 0 Å². The van der Waals surface area contributed by atoms with Gasteiger partial charge in [-0.2, -0.15) is 5.10 Å². The molecule has 0 aliphatic heterocycles. The third-order valence-corrected chi connectivity index (χ3v) is 1.72. The molecule has 0 fully saturated rings. The Balaban J connectivity index is 2.31. The Morgan fingerprint density at radius 3 is 2.81 bits per heavy atom. The van der Waals surface area contributed by atoms with Crippen LogP contribution in [0.2, 0.25) is 0 Å². The quantitative estimate of drug-likeness (QED) is 0.426. The minimum absolute atomic E-state index is 0.364. The molecule has 1 rings (SSSR count). The standard InChI is InChI=1S/C9H15N5O2/c1-8(12-16-9(2)13-15-3)4-5-14-7-10-6-11-14/h6-7H,4-5H2,1-3H3/b12-8+,13-9+. The lowest BCUT2D eigenvalue weighted by Crippen LogP contribution is -2.05. The third kappa shape index (κ3) is 4.54. The van der Waals surface area contributed by atoms with Gasteiger partial charge in [0.1, 0.15) is 19.8 Å². The number of oxime groups is 2. The highest BCUT2D eigenvalue weighted by Gasteiger charge is 1.97. The number of hydrogen-bond acceptors (Lipinski definition) is 6. The van der Waals surface area contributed by atoms with Crippen LogP contribution in [0.15, 0.2) is 23.0 Å². The Hall–Kier alpha value is -1.92. The Morgan fingerprint density at radius 2 is 2.19 bits per heavy atom. The van der Waals surface area contributed by atoms with E-state index in [2.05, 4.69) is 25.2 Å². The predicted octanol–water partition coefficient (Wildman–Crippen LogP) is 1.04. The van der Waals surface area contributed by atoms with Crippen molar-refractivity contribution in [2.24, 2.45) is 10.3 Å². The van der Waals surface area contributed by atoms with Crippen molar-refractivity contribution in [1.82, 2.24) is 14.8 Å². The van der Waals surface area contributed by atoms with Crippen LogP contribution in [0.3, 0.4) is 0 Å². The van der Waals surface area contributed by atoms with Gasteiger partial charge in [-0.3, -0.25) is 4.68 Å². The van der Waals surface area contributed by atoms with Crippen LogP contribution in [0.4, 0.5) is 0 Å². The minimum atomic E-state index is 0.364. The molecule has 0 radical (unpaired) electrons. The van der Waals surface area contributed by atoms with Gasteiger partial charge in [0.2, 0.25) is 0 Å². The van der Waals surface area contributed by atoms with Gasteiger partial charge in [-0.05, 0) is 12.1 Å². The molecule has 0 aliphatic carbocycles. The SMILES string of the molecule is CO/N=C(\C)O/N=C(\C)CCn1cncn1. The van der Waals surface area contributed by atoms with Gasteiger partial charge in [0.05, 0.1) is 5.71 Å². The summed E-state index contributed by atoms with van der Waals surface area (Å²) in [7, 11) is 1.45. The minimum Gasteiger partial charge on any atom is -0.396 e. The molecular formula is C9H15N5O2. The normalized spacial score (nSPS) is 12.7. The molecule has 0 bridgehead atoms. The Morgan fingerprint density at radius 1 is 1.38 bits per heavy atom. The molecule has 0 amide bonds. The highest BCUT2D eigenvalue weighted by molar-refractivity contribution is 5.82. The monoisotopic (exact) mass is 225 g/mol. The maximum absolute atomic E-state index is 4.98. The van der Waals surface area contributed by atoms with Crippen molar-refractivity contribution >= 4 is 11.6 Å². The zero-order valence-corrected chi connectivity index (χ0v) is 9.62. The molecule has 0 spiro atoms. The summed E-state index contributed by atoms with van der Waals surface area (Å²) in [6, 6.07) is 0. The highest BCUT2D eigenvalue weighted by atomic mass is 16.7. The lowest BCUT2D eigenvalue weighted by molar-refractivity contribution is 0.192. The van der Waals surface area contributed by atoms with Gasteiger partial charge in [0, 0.05) is 19.9 Å². The summed E-state index contributed by atoms with van der Waals surface area (Å²) in [5.74, 6) is 0.364. The summed E-state index contributed by atoms with van der Waals surface area (Å²) in [5, 5.41) is 11.4. The van der Waals surface area contributed by atoms with Gasteiger partial charge >= 0.3 is 0 Å². The van der Waals surface area contributed by atoms with Crippen LogP contribution in [0.1, 0.15) is 20.3 Å². The van der Waals surface area contributed by atoms with E-state index in [9.17, 15) is 0 Å². The smallest absolute Gasteiger partial charge is 0.257 e. The van der Waals surface area contributed by atoms with Gasteiger partial charge in [-0.15, -0.1) is 0 Å². The summed E-state index contributed by atoms with van der Waals surface area (Å²) in [5.41, 5.74) is 0.848. The summed E-state index contributed by atoms with van der Waals surface area (Å²) in [6.07, 6.45) is 3.90. The Labute approximate surface area is 93.7 Å². The van der Waals surface area contributed by atoms with E-state index in [1.165, 1.54) is 13.4 Å². The van der Waals surface area contributed by atoms with Gasteiger partial charge in [0.25, 0.3) is 5.90 Å². The molecule has 7 nitrogen and oxygen atoms in total. The van der Waals surface area contributed by atoms with Crippen molar-refractivity contribution in [3.63, 3.8) is 0 Å². The van der Waals surface area contributed by atoms with E-state index >= 15 is 0 Å². The fourth-order valence-electron chi connectivity index (χ4n) is 0.959. The van der Waals surface area contributed by atoms with Crippen molar-refractivity contribution in [2.75, 3.05) is 7.11 Å². The lowest BCUT2D eigenvalue weighted by atomic mass is 10.3. The molecule has 0 saturated heterocycles. The number of aryl methyl sites for hydroxylation is 1. The predicted molar refractivity (Wildman–Crippen MR) is 59.0 cm³/mol. The van der Waals surface area contributed by atoms with E-state index < -0.39 is 0 Å². The van der Waals surface area contributed by atoms with Crippen LogP contribution in [0.5, 0.6) is 0 Å². The Bertz CT molecular complexity index is 358. The van der Waals surface area contributed by atoms with E-state index in [0.29, 0.717) is 5.90 Å². The zero-order chi connectivity index (χ0) is 11.8. The van der Waals surface area contributed by atoms with Crippen molar-refractivity contribution in [2.45, 2.75) is 26.8 Å². The first kappa shape index (κ1) is 12.2. The first-order valence-corrected chi connectivity index (χ1v) is 4.83. The van der Waals surface area contributed by atoms with Gasteiger partial charge in [-0.1, -0.05) is 5.16 Å². The van der Waals surface area contributed by atoms with Gasteiger partial charge in [0.15, 0.2) is 0 Å². The molecule has 88 valence electrons. The molecule has 0 aromatic carbocycles. The molecule has 0 aliphatic rings. The van der Waals surface area contributed by atoms with Crippen molar-refractivity contribution in [3.8, 4) is 0 Å².